The van der Waals surface area contributed by atoms with Crippen LogP contribution in [0.2, 0.25) is 0 Å². The quantitative estimate of drug-likeness (QED) is 0.630. The van der Waals surface area contributed by atoms with E-state index in [-0.39, 0.29) is 5.91 Å². The molecule has 4 nitrogen and oxygen atoms in total. The SMILES string of the molecule is Cc1ccc(O[C@@H](C)C(=O)Nc2ccc(Oc3ccccc3)cc2)c(C)c1. The zero-order chi connectivity index (χ0) is 19.2. The number of rotatable bonds is 6. The lowest BCUT2D eigenvalue weighted by Crippen LogP contribution is -2.30. The van der Waals surface area contributed by atoms with Gasteiger partial charge in [-0.1, -0.05) is 35.9 Å². The number of nitrogens with one attached hydrogen (secondary N) is 1. The van der Waals surface area contributed by atoms with Gasteiger partial charge in [0.2, 0.25) is 0 Å². The maximum absolute atomic E-state index is 12.4. The minimum absolute atomic E-state index is 0.202. The molecule has 1 amide bonds. The van der Waals surface area contributed by atoms with Crippen molar-refractivity contribution in [3.8, 4) is 17.2 Å². The summed E-state index contributed by atoms with van der Waals surface area (Å²) in [4.78, 5) is 12.4. The Morgan fingerprint density at radius 1 is 0.889 bits per heavy atom. The molecule has 0 aliphatic heterocycles. The molecule has 0 fully saturated rings. The van der Waals surface area contributed by atoms with Crippen molar-refractivity contribution >= 4 is 11.6 Å². The summed E-state index contributed by atoms with van der Waals surface area (Å²) in [6.07, 6.45) is -0.605. The molecule has 0 aliphatic carbocycles. The molecule has 0 unspecified atom stereocenters. The Kier molecular flexibility index (Phi) is 5.77. The summed E-state index contributed by atoms with van der Waals surface area (Å²) < 4.78 is 11.6. The zero-order valence-electron chi connectivity index (χ0n) is 15.7. The highest BCUT2D eigenvalue weighted by molar-refractivity contribution is 5.94. The molecule has 0 saturated carbocycles. The van der Waals surface area contributed by atoms with Crippen LogP contribution >= 0.6 is 0 Å². The minimum Gasteiger partial charge on any atom is -0.481 e. The molecular formula is C23H23NO3. The molecule has 4 heteroatoms. The lowest BCUT2D eigenvalue weighted by atomic mass is 10.1. The topological polar surface area (TPSA) is 47.6 Å². The first-order valence-corrected chi connectivity index (χ1v) is 8.89. The number of aryl methyl sites for hydroxylation is 2. The number of para-hydroxylation sites is 1. The first-order chi connectivity index (χ1) is 13.0. The molecule has 3 aromatic rings. The van der Waals surface area contributed by atoms with Gasteiger partial charge in [-0.2, -0.15) is 0 Å². The van der Waals surface area contributed by atoms with E-state index in [0.29, 0.717) is 11.4 Å². The van der Waals surface area contributed by atoms with E-state index in [1.54, 1.807) is 19.1 Å². The Morgan fingerprint density at radius 3 is 2.22 bits per heavy atom. The van der Waals surface area contributed by atoms with Gasteiger partial charge >= 0.3 is 0 Å². The van der Waals surface area contributed by atoms with Gasteiger partial charge < -0.3 is 14.8 Å². The molecule has 0 saturated heterocycles. The highest BCUT2D eigenvalue weighted by Crippen LogP contribution is 2.23. The number of hydrogen-bond donors (Lipinski definition) is 1. The number of amides is 1. The van der Waals surface area contributed by atoms with Crippen molar-refractivity contribution in [2.24, 2.45) is 0 Å². The van der Waals surface area contributed by atoms with E-state index in [4.69, 9.17) is 9.47 Å². The maximum Gasteiger partial charge on any atom is 0.265 e. The Balaban J connectivity index is 1.58. The molecule has 0 heterocycles. The van der Waals surface area contributed by atoms with Gasteiger partial charge in [0, 0.05) is 5.69 Å². The lowest BCUT2D eigenvalue weighted by molar-refractivity contribution is -0.122. The van der Waals surface area contributed by atoms with Gasteiger partial charge in [-0.25, -0.2) is 0 Å². The Bertz CT molecular complexity index is 905. The van der Waals surface area contributed by atoms with Gasteiger partial charge in [-0.05, 0) is 68.8 Å². The summed E-state index contributed by atoms with van der Waals surface area (Å²) >= 11 is 0. The third kappa shape index (κ3) is 5.11. The van der Waals surface area contributed by atoms with Crippen LogP contribution in [0.15, 0.2) is 72.8 Å². The number of benzene rings is 3. The first-order valence-electron chi connectivity index (χ1n) is 8.89. The highest BCUT2D eigenvalue weighted by Gasteiger charge is 2.16. The van der Waals surface area contributed by atoms with Crippen molar-refractivity contribution in [2.45, 2.75) is 26.9 Å². The molecule has 138 valence electrons. The molecule has 0 spiro atoms. The summed E-state index contributed by atoms with van der Waals surface area (Å²) in [6, 6.07) is 22.7. The van der Waals surface area contributed by atoms with Crippen LogP contribution in [0.4, 0.5) is 5.69 Å². The van der Waals surface area contributed by atoms with Crippen molar-refractivity contribution in [1.29, 1.82) is 0 Å². The largest absolute Gasteiger partial charge is 0.481 e. The summed E-state index contributed by atoms with van der Waals surface area (Å²) in [5.41, 5.74) is 2.86. The van der Waals surface area contributed by atoms with Crippen molar-refractivity contribution in [2.75, 3.05) is 5.32 Å². The van der Waals surface area contributed by atoms with Crippen LogP contribution in [0, 0.1) is 13.8 Å². The van der Waals surface area contributed by atoms with Crippen LogP contribution in [0.3, 0.4) is 0 Å². The fraction of sp³-hybridized carbons (Fsp3) is 0.174. The number of anilines is 1. The van der Waals surface area contributed by atoms with Crippen LogP contribution in [-0.2, 0) is 4.79 Å². The van der Waals surface area contributed by atoms with Gasteiger partial charge in [-0.3, -0.25) is 4.79 Å². The third-order valence-electron chi connectivity index (χ3n) is 4.10. The van der Waals surface area contributed by atoms with Crippen molar-refractivity contribution in [3.05, 3.63) is 83.9 Å². The zero-order valence-corrected chi connectivity index (χ0v) is 15.7. The monoisotopic (exact) mass is 361 g/mol. The number of hydrogen-bond acceptors (Lipinski definition) is 3. The van der Waals surface area contributed by atoms with E-state index in [2.05, 4.69) is 5.32 Å². The second-order valence-electron chi connectivity index (χ2n) is 6.46. The summed E-state index contributed by atoms with van der Waals surface area (Å²) in [7, 11) is 0. The Hall–Kier alpha value is -3.27. The minimum atomic E-state index is -0.605. The van der Waals surface area contributed by atoms with Crippen LogP contribution < -0.4 is 14.8 Å². The average Bonchev–Trinajstić information content (AvgIpc) is 2.66. The second-order valence-corrected chi connectivity index (χ2v) is 6.46. The second kappa shape index (κ2) is 8.41. The van der Waals surface area contributed by atoms with Gasteiger partial charge in [0.25, 0.3) is 5.91 Å². The molecule has 3 rings (SSSR count). The standard InChI is InChI=1S/C23H23NO3/c1-16-9-14-22(17(2)15-16)26-18(3)23(25)24-19-10-12-21(13-11-19)27-20-7-5-4-6-8-20/h4-15,18H,1-3H3,(H,24,25)/t18-/m0/s1. The van der Waals surface area contributed by atoms with E-state index < -0.39 is 6.10 Å². The van der Waals surface area contributed by atoms with Crippen LogP contribution in [0.5, 0.6) is 17.2 Å². The van der Waals surface area contributed by atoms with Gasteiger partial charge in [0.1, 0.15) is 17.2 Å². The van der Waals surface area contributed by atoms with E-state index in [1.165, 1.54) is 0 Å². The summed E-state index contributed by atoms with van der Waals surface area (Å²) in [5, 5.41) is 2.86. The van der Waals surface area contributed by atoms with Crippen LogP contribution in [-0.4, -0.2) is 12.0 Å². The summed E-state index contributed by atoms with van der Waals surface area (Å²) in [5.74, 6) is 1.99. The van der Waals surface area contributed by atoms with E-state index in [0.717, 1.165) is 22.6 Å². The molecule has 1 atom stereocenters. The Labute approximate surface area is 159 Å². The number of carbonyl (C=O) groups is 1. The van der Waals surface area contributed by atoms with E-state index >= 15 is 0 Å². The fourth-order valence-corrected chi connectivity index (χ4v) is 2.65. The van der Waals surface area contributed by atoms with Gasteiger partial charge in [0.05, 0.1) is 0 Å². The fourth-order valence-electron chi connectivity index (χ4n) is 2.65. The molecular weight excluding hydrogens is 338 g/mol. The average molecular weight is 361 g/mol. The predicted octanol–water partition coefficient (Wildman–Crippen LogP) is 5.50. The molecule has 27 heavy (non-hydrogen) atoms. The summed E-state index contributed by atoms with van der Waals surface area (Å²) in [6.45, 7) is 5.73. The molecule has 3 aromatic carbocycles. The van der Waals surface area contributed by atoms with Gasteiger partial charge in [-0.15, -0.1) is 0 Å². The normalized spacial score (nSPS) is 11.5. The van der Waals surface area contributed by atoms with E-state index in [9.17, 15) is 4.79 Å². The van der Waals surface area contributed by atoms with Gasteiger partial charge in [0.15, 0.2) is 6.10 Å². The lowest BCUT2D eigenvalue weighted by Gasteiger charge is -2.16. The molecule has 0 aromatic heterocycles. The third-order valence-corrected chi connectivity index (χ3v) is 4.10. The van der Waals surface area contributed by atoms with Crippen molar-refractivity contribution in [1.82, 2.24) is 0 Å². The maximum atomic E-state index is 12.4. The van der Waals surface area contributed by atoms with Crippen molar-refractivity contribution in [3.63, 3.8) is 0 Å². The van der Waals surface area contributed by atoms with Crippen LogP contribution in [0.1, 0.15) is 18.1 Å². The van der Waals surface area contributed by atoms with Crippen LogP contribution in [0.25, 0.3) is 0 Å². The Morgan fingerprint density at radius 2 is 1.56 bits per heavy atom. The molecule has 0 radical (unpaired) electrons. The van der Waals surface area contributed by atoms with E-state index in [1.807, 2.05) is 74.5 Å². The first kappa shape index (κ1) is 18.5. The molecule has 0 bridgehead atoms. The van der Waals surface area contributed by atoms with Crippen molar-refractivity contribution < 1.29 is 14.3 Å². The predicted molar refractivity (Wildman–Crippen MR) is 108 cm³/mol. The number of ether oxygens (including phenoxy) is 2. The molecule has 0 aliphatic rings. The number of carbonyl (C=O) groups excluding carboxylic acids is 1. The smallest absolute Gasteiger partial charge is 0.265 e. The highest BCUT2D eigenvalue weighted by atomic mass is 16.5. The molecule has 1 N–H and O–H groups in total.